The fourth-order valence-electron chi connectivity index (χ4n) is 1.66. The molecule has 1 heterocycles. The number of anilines is 1. The van der Waals surface area contributed by atoms with Crippen molar-refractivity contribution in [3.8, 4) is 0 Å². The van der Waals surface area contributed by atoms with Crippen LogP contribution in [-0.4, -0.2) is 19.2 Å². The fraction of sp³-hybridized carbons (Fsp3) is 0.154. The Bertz CT molecular complexity index is 676. The molecule has 1 aromatic carbocycles. The molecule has 0 saturated heterocycles. The van der Waals surface area contributed by atoms with Gasteiger partial charge in [0.2, 0.25) is 9.84 Å². The van der Waals surface area contributed by atoms with Crippen LogP contribution in [0.25, 0.3) is 0 Å². The molecule has 0 spiro atoms. The van der Waals surface area contributed by atoms with Crippen molar-refractivity contribution in [3.05, 3.63) is 54.4 Å². The normalized spacial score (nSPS) is 11.6. The van der Waals surface area contributed by atoms with Gasteiger partial charge in [-0.25, -0.2) is 8.42 Å². The van der Waals surface area contributed by atoms with Crippen molar-refractivity contribution < 1.29 is 17.2 Å². The summed E-state index contributed by atoms with van der Waals surface area (Å²) in [5.41, 5.74) is 0.966. The summed E-state index contributed by atoms with van der Waals surface area (Å²) in [6.07, 6.45) is 3.22. The summed E-state index contributed by atoms with van der Waals surface area (Å²) >= 11 is 0. The van der Waals surface area contributed by atoms with Crippen LogP contribution in [0.5, 0.6) is 0 Å². The molecule has 2 rings (SSSR count). The highest BCUT2D eigenvalue weighted by molar-refractivity contribution is 7.91. The van der Waals surface area contributed by atoms with E-state index in [9.17, 15) is 17.2 Å². The highest BCUT2D eigenvalue weighted by atomic mass is 32.2. The Kier molecular flexibility index (Phi) is 4.29. The predicted molar refractivity (Wildman–Crippen MR) is 71.2 cm³/mol. The van der Waals surface area contributed by atoms with Crippen LogP contribution in [0.15, 0.2) is 53.7 Å². The Hall–Kier alpha value is -2.02. The van der Waals surface area contributed by atoms with E-state index in [2.05, 4.69) is 10.3 Å². The lowest BCUT2D eigenvalue weighted by atomic mass is 10.2. The number of benzene rings is 1. The molecule has 4 nitrogen and oxygen atoms in total. The lowest BCUT2D eigenvalue weighted by Gasteiger charge is -2.12. The van der Waals surface area contributed by atoms with Crippen molar-refractivity contribution in [1.29, 1.82) is 0 Å². The Morgan fingerprint density at radius 2 is 1.90 bits per heavy atom. The van der Waals surface area contributed by atoms with Crippen LogP contribution in [0.3, 0.4) is 0 Å². The van der Waals surface area contributed by atoms with Gasteiger partial charge >= 0.3 is 5.76 Å². The molecule has 0 radical (unpaired) electrons. The summed E-state index contributed by atoms with van der Waals surface area (Å²) in [7, 11) is -4.62. The Labute approximate surface area is 115 Å². The van der Waals surface area contributed by atoms with Gasteiger partial charge in [0.25, 0.3) is 0 Å². The number of halogens is 2. The maximum Gasteiger partial charge on any atom is 0.341 e. The van der Waals surface area contributed by atoms with E-state index in [1.165, 1.54) is 12.1 Å². The molecule has 0 unspecified atom stereocenters. The van der Waals surface area contributed by atoms with Gasteiger partial charge in [0.15, 0.2) is 0 Å². The minimum absolute atomic E-state index is 0.150. The lowest BCUT2D eigenvalue weighted by Crippen LogP contribution is -2.14. The molecule has 0 fully saturated rings. The number of sulfone groups is 1. The van der Waals surface area contributed by atoms with Crippen LogP contribution in [0.4, 0.5) is 14.5 Å². The summed E-state index contributed by atoms with van der Waals surface area (Å²) in [6, 6.07) is 9.13. The maximum atomic E-state index is 12.6. The van der Waals surface area contributed by atoms with Gasteiger partial charge in [0.05, 0.1) is 10.6 Å². The van der Waals surface area contributed by atoms with E-state index in [-0.39, 0.29) is 5.69 Å². The van der Waals surface area contributed by atoms with Crippen LogP contribution in [0.2, 0.25) is 0 Å². The number of para-hydroxylation sites is 1. The monoisotopic (exact) mass is 298 g/mol. The van der Waals surface area contributed by atoms with E-state index < -0.39 is 20.5 Å². The van der Waals surface area contributed by atoms with Crippen LogP contribution in [0, 0.1) is 0 Å². The van der Waals surface area contributed by atoms with Gasteiger partial charge in [-0.05, 0) is 23.8 Å². The second-order valence-electron chi connectivity index (χ2n) is 4.02. The largest absolute Gasteiger partial charge is 0.380 e. The zero-order chi connectivity index (χ0) is 14.6. The zero-order valence-corrected chi connectivity index (χ0v) is 11.1. The van der Waals surface area contributed by atoms with Gasteiger partial charge in [-0.3, -0.25) is 4.98 Å². The van der Waals surface area contributed by atoms with Crippen molar-refractivity contribution in [1.82, 2.24) is 4.98 Å². The number of hydrogen-bond donors (Lipinski definition) is 1. The molecule has 0 atom stereocenters. The summed E-state index contributed by atoms with van der Waals surface area (Å²) in [6.45, 7) is 0.295. The predicted octanol–water partition coefficient (Wildman–Crippen LogP) is 2.69. The second-order valence-corrected chi connectivity index (χ2v) is 5.90. The highest BCUT2D eigenvalue weighted by Crippen LogP contribution is 2.26. The summed E-state index contributed by atoms with van der Waals surface area (Å²) in [5.74, 6) is -3.44. The standard InChI is InChI=1S/C13H12F2N2O2S/c14-13(15)20(18,19)12-6-2-1-5-11(12)17-9-10-4-3-7-16-8-10/h1-8,13,17H,9H2. The van der Waals surface area contributed by atoms with Crippen molar-refractivity contribution >= 4 is 15.5 Å². The van der Waals surface area contributed by atoms with Crippen molar-refractivity contribution in [2.45, 2.75) is 17.2 Å². The SMILES string of the molecule is O=S(=O)(c1ccccc1NCc1cccnc1)C(F)F. The quantitative estimate of drug-likeness (QED) is 0.922. The molecular formula is C13H12F2N2O2S. The number of aromatic nitrogens is 1. The maximum absolute atomic E-state index is 12.6. The second kappa shape index (κ2) is 5.96. The average molecular weight is 298 g/mol. The van der Waals surface area contributed by atoms with E-state index in [1.54, 1.807) is 30.6 Å². The summed E-state index contributed by atoms with van der Waals surface area (Å²) in [4.78, 5) is 3.51. The summed E-state index contributed by atoms with van der Waals surface area (Å²) < 4.78 is 48.4. The van der Waals surface area contributed by atoms with E-state index in [1.807, 2.05) is 0 Å². The average Bonchev–Trinajstić information content (AvgIpc) is 2.46. The highest BCUT2D eigenvalue weighted by Gasteiger charge is 2.28. The molecule has 0 amide bonds. The molecule has 0 saturated carbocycles. The smallest absolute Gasteiger partial charge is 0.341 e. The van der Waals surface area contributed by atoms with E-state index >= 15 is 0 Å². The van der Waals surface area contributed by atoms with Gasteiger partial charge in [-0.1, -0.05) is 18.2 Å². The van der Waals surface area contributed by atoms with E-state index in [0.717, 1.165) is 11.6 Å². The minimum atomic E-state index is -4.62. The third kappa shape index (κ3) is 3.11. The number of hydrogen-bond acceptors (Lipinski definition) is 4. The molecule has 20 heavy (non-hydrogen) atoms. The van der Waals surface area contributed by atoms with Crippen molar-refractivity contribution in [2.75, 3.05) is 5.32 Å². The van der Waals surface area contributed by atoms with Gasteiger partial charge in [0, 0.05) is 18.9 Å². The first-order valence-corrected chi connectivity index (χ1v) is 7.30. The minimum Gasteiger partial charge on any atom is -0.380 e. The van der Waals surface area contributed by atoms with E-state index in [4.69, 9.17) is 0 Å². The molecule has 0 aliphatic carbocycles. The van der Waals surface area contributed by atoms with Crippen LogP contribution in [-0.2, 0) is 16.4 Å². The molecule has 1 N–H and O–H groups in total. The lowest BCUT2D eigenvalue weighted by molar-refractivity contribution is 0.235. The van der Waals surface area contributed by atoms with Crippen molar-refractivity contribution in [2.24, 2.45) is 0 Å². The topological polar surface area (TPSA) is 59.1 Å². The molecule has 2 aromatic rings. The molecular weight excluding hydrogens is 286 g/mol. The number of alkyl halides is 2. The Balaban J connectivity index is 2.25. The van der Waals surface area contributed by atoms with Crippen LogP contribution >= 0.6 is 0 Å². The molecule has 1 aromatic heterocycles. The zero-order valence-electron chi connectivity index (χ0n) is 10.3. The van der Waals surface area contributed by atoms with Crippen LogP contribution in [0.1, 0.15) is 5.56 Å². The fourth-order valence-corrected chi connectivity index (χ4v) is 2.56. The first kappa shape index (κ1) is 14.4. The first-order chi connectivity index (χ1) is 9.51. The molecule has 0 aliphatic heterocycles. The Morgan fingerprint density at radius 3 is 2.55 bits per heavy atom. The molecule has 0 aliphatic rings. The van der Waals surface area contributed by atoms with Gasteiger partial charge in [0.1, 0.15) is 0 Å². The van der Waals surface area contributed by atoms with E-state index in [0.29, 0.717) is 6.54 Å². The molecule has 7 heteroatoms. The van der Waals surface area contributed by atoms with Gasteiger partial charge in [-0.15, -0.1) is 0 Å². The molecule has 0 bridgehead atoms. The third-order valence-electron chi connectivity index (χ3n) is 2.63. The van der Waals surface area contributed by atoms with Gasteiger partial charge in [-0.2, -0.15) is 8.78 Å². The first-order valence-electron chi connectivity index (χ1n) is 5.75. The van der Waals surface area contributed by atoms with Crippen LogP contribution < -0.4 is 5.32 Å². The number of nitrogens with zero attached hydrogens (tertiary/aromatic N) is 1. The number of pyridine rings is 1. The Morgan fingerprint density at radius 1 is 1.15 bits per heavy atom. The summed E-state index contributed by atoms with van der Waals surface area (Å²) in [5, 5.41) is 2.84. The molecule has 106 valence electrons. The third-order valence-corrected chi connectivity index (χ3v) is 4.07. The van der Waals surface area contributed by atoms with Gasteiger partial charge < -0.3 is 5.32 Å². The number of nitrogens with one attached hydrogen (secondary N) is 1. The van der Waals surface area contributed by atoms with Crippen molar-refractivity contribution in [3.63, 3.8) is 0 Å². The number of rotatable bonds is 5.